The number of rotatable bonds is 5. The lowest BCUT2D eigenvalue weighted by Crippen LogP contribution is -2.38. The number of anilines is 1. The summed E-state index contributed by atoms with van der Waals surface area (Å²) < 4.78 is 1.78. The van der Waals surface area contributed by atoms with Crippen LogP contribution in [0.2, 0.25) is 0 Å². The monoisotopic (exact) mass is 292 g/mol. The lowest BCUT2D eigenvalue weighted by atomic mass is 10.3. The zero-order valence-corrected chi connectivity index (χ0v) is 11.9. The summed E-state index contributed by atoms with van der Waals surface area (Å²) in [5.41, 5.74) is 0. The van der Waals surface area contributed by atoms with Crippen molar-refractivity contribution in [2.45, 2.75) is 38.3 Å². The molecule has 1 aliphatic rings. The molecule has 20 heavy (non-hydrogen) atoms. The number of nitrogens with one attached hydrogen (secondary N) is 2. The van der Waals surface area contributed by atoms with Gasteiger partial charge in [-0.1, -0.05) is 11.3 Å². The second-order valence-corrected chi connectivity index (χ2v) is 5.96. The summed E-state index contributed by atoms with van der Waals surface area (Å²) in [5, 5.41) is 19.3. The molecule has 2 aromatic heterocycles. The Morgan fingerprint density at radius 1 is 1.55 bits per heavy atom. The molecular formula is C12H16N6OS. The van der Waals surface area contributed by atoms with Crippen molar-refractivity contribution in [3.05, 3.63) is 23.5 Å². The van der Waals surface area contributed by atoms with Crippen LogP contribution in [0.1, 0.15) is 30.7 Å². The Balaban J connectivity index is 1.48. The largest absolute Gasteiger partial charge is 0.333 e. The Bertz CT molecular complexity index is 577. The average molecular weight is 292 g/mol. The molecule has 0 radical (unpaired) electrons. The predicted octanol–water partition coefficient (Wildman–Crippen LogP) is 1.82. The quantitative estimate of drug-likeness (QED) is 0.880. The van der Waals surface area contributed by atoms with E-state index in [1.54, 1.807) is 10.9 Å². The minimum atomic E-state index is -0.261. The van der Waals surface area contributed by atoms with Crippen molar-refractivity contribution >= 4 is 22.5 Å². The summed E-state index contributed by atoms with van der Waals surface area (Å²) in [6.07, 6.45) is 5.94. The third kappa shape index (κ3) is 3.32. The Morgan fingerprint density at radius 2 is 2.40 bits per heavy atom. The Morgan fingerprint density at radius 3 is 3.10 bits per heavy atom. The van der Waals surface area contributed by atoms with Crippen LogP contribution in [0.25, 0.3) is 0 Å². The fourth-order valence-corrected chi connectivity index (χ4v) is 2.78. The first-order valence-electron chi connectivity index (χ1n) is 6.59. The van der Waals surface area contributed by atoms with Crippen LogP contribution in [0, 0.1) is 0 Å². The summed E-state index contributed by atoms with van der Waals surface area (Å²) in [5.74, 6) is 0.560. The minimum Gasteiger partial charge on any atom is -0.333 e. The summed E-state index contributed by atoms with van der Waals surface area (Å²) in [6, 6.07) is 1.57. The molecule has 1 saturated carbocycles. The smallest absolute Gasteiger partial charge is 0.321 e. The molecule has 0 spiro atoms. The lowest BCUT2D eigenvalue weighted by Gasteiger charge is -2.13. The second-order valence-electron chi connectivity index (χ2n) is 4.95. The summed E-state index contributed by atoms with van der Waals surface area (Å²) in [7, 11) is 0. The van der Waals surface area contributed by atoms with E-state index in [-0.39, 0.29) is 12.1 Å². The van der Waals surface area contributed by atoms with Gasteiger partial charge < -0.3 is 5.32 Å². The van der Waals surface area contributed by atoms with Crippen LogP contribution in [0.4, 0.5) is 9.93 Å². The molecule has 0 aromatic carbocycles. The van der Waals surface area contributed by atoms with Crippen LogP contribution >= 0.6 is 11.3 Å². The molecule has 1 aliphatic carbocycles. The molecule has 2 N–H and O–H groups in total. The third-order valence-corrected chi connectivity index (χ3v) is 3.99. The fourth-order valence-electron chi connectivity index (χ4n) is 1.87. The van der Waals surface area contributed by atoms with Crippen molar-refractivity contribution in [2.24, 2.45) is 0 Å². The number of hydrogen-bond acceptors (Lipinski definition) is 5. The molecule has 1 atom stereocenters. The Kier molecular flexibility index (Phi) is 3.64. The van der Waals surface area contributed by atoms with Crippen LogP contribution in [0.5, 0.6) is 0 Å². The van der Waals surface area contributed by atoms with E-state index in [4.69, 9.17) is 0 Å². The average Bonchev–Trinajstić information content (AvgIpc) is 2.93. The number of nitrogens with zero attached hydrogens (tertiary/aromatic N) is 4. The van der Waals surface area contributed by atoms with E-state index in [0.717, 1.165) is 5.01 Å². The highest BCUT2D eigenvalue weighted by molar-refractivity contribution is 7.15. The van der Waals surface area contributed by atoms with E-state index in [9.17, 15) is 4.79 Å². The van der Waals surface area contributed by atoms with Gasteiger partial charge in [0.15, 0.2) is 0 Å². The van der Waals surface area contributed by atoms with Crippen molar-refractivity contribution in [1.29, 1.82) is 0 Å². The van der Waals surface area contributed by atoms with Crippen molar-refractivity contribution < 1.29 is 4.79 Å². The molecule has 0 aliphatic heterocycles. The van der Waals surface area contributed by atoms with Gasteiger partial charge in [0.25, 0.3) is 0 Å². The maximum atomic E-state index is 11.8. The molecule has 0 saturated heterocycles. The topological polar surface area (TPSA) is 84.7 Å². The van der Waals surface area contributed by atoms with Gasteiger partial charge in [-0.2, -0.15) is 5.10 Å². The summed E-state index contributed by atoms with van der Waals surface area (Å²) >= 11 is 1.45. The molecule has 7 nitrogen and oxygen atoms in total. The number of urea groups is 1. The normalized spacial score (nSPS) is 15.8. The maximum absolute atomic E-state index is 11.8. The van der Waals surface area contributed by atoms with E-state index >= 15 is 0 Å². The highest BCUT2D eigenvalue weighted by Gasteiger charge is 2.27. The minimum absolute atomic E-state index is 0.0225. The van der Waals surface area contributed by atoms with E-state index in [1.165, 1.54) is 24.2 Å². The fraction of sp³-hybridized carbons (Fsp3) is 0.500. The van der Waals surface area contributed by atoms with Gasteiger partial charge in [-0.25, -0.2) is 4.79 Å². The van der Waals surface area contributed by atoms with Gasteiger partial charge in [-0.3, -0.25) is 10.00 Å². The molecule has 2 heterocycles. The highest BCUT2D eigenvalue weighted by atomic mass is 32.1. The Labute approximate surface area is 120 Å². The zero-order valence-electron chi connectivity index (χ0n) is 11.1. The number of amides is 2. The van der Waals surface area contributed by atoms with Crippen molar-refractivity contribution in [2.75, 3.05) is 5.32 Å². The van der Waals surface area contributed by atoms with Crippen LogP contribution < -0.4 is 10.6 Å². The molecule has 3 rings (SSSR count). The molecule has 0 bridgehead atoms. The second kappa shape index (κ2) is 5.58. The molecule has 2 aromatic rings. The third-order valence-electron chi connectivity index (χ3n) is 2.99. The van der Waals surface area contributed by atoms with Gasteiger partial charge in [-0.05, 0) is 25.8 Å². The van der Waals surface area contributed by atoms with E-state index in [2.05, 4.69) is 25.9 Å². The predicted molar refractivity (Wildman–Crippen MR) is 75.7 cm³/mol. The van der Waals surface area contributed by atoms with Crippen LogP contribution in [0.15, 0.2) is 18.5 Å². The van der Waals surface area contributed by atoms with Gasteiger partial charge in [0.2, 0.25) is 5.13 Å². The molecule has 1 fully saturated rings. The molecule has 8 heteroatoms. The van der Waals surface area contributed by atoms with Crippen LogP contribution in [0.3, 0.4) is 0 Å². The SMILES string of the molecule is C[C@H](Cn1cccn1)NC(=O)Nc1nnc(C2CC2)s1. The number of carbonyl (C=O) groups excluding carboxylic acids is 1. The molecule has 2 amide bonds. The standard InChI is InChI=1S/C12H16N6OS/c1-8(7-18-6-2-5-13-18)14-11(19)15-12-17-16-10(20-12)9-3-4-9/h2,5-6,8-9H,3-4,7H2,1H3,(H2,14,15,17,19)/t8-/m1/s1. The number of hydrogen-bond donors (Lipinski definition) is 2. The van der Waals surface area contributed by atoms with Gasteiger partial charge in [0.05, 0.1) is 6.54 Å². The molecule has 0 unspecified atom stereocenters. The number of carbonyl (C=O) groups is 1. The van der Waals surface area contributed by atoms with Crippen molar-refractivity contribution in [3.8, 4) is 0 Å². The first-order valence-corrected chi connectivity index (χ1v) is 7.40. The number of aromatic nitrogens is 4. The molecule has 106 valence electrons. The first kappa shape index (κ1) is 13.0. The highest BCUT2D eigenvalue weighted by Crippen LogP contribution is 2.41. The van der Waals surface area contributed by atoms with Crippen LogP contribution in [-0.4, -0.2) is 32.1 Å². The zero-order chi connectivity index (χ0) is 13.9. The van der Waals surface area contributed by atoms with Crippen LogP contribution in [-0.2, 0) is 6.54 Å². The lowest BCUT2D eigenvalue weighted by molar-refractivity contribution is 0.247. The summed E-state index contributed by atoms with van der Waals surface area (Å²) in [6.45, 7) is 2.56. The van der Waals surface area contributed by atoms with E-state index in [1.807, 2.05) is 19.2 Å². The van der Waals surface area contributed by atoms with Crippen molar-refractivity contribution in [1.82, 2.24) is 25.3 Å². The van der Waals surface area contributed by atoms with Gasteiger partial charge in [-0.15, -0.1) is 10.2 Å². The van der Waals surface area contributed by atoms with E-state index < -0.39 is 0 Å². The Hall–Kier alpha value is -1.96. The summed E-state index contributed by atoms with van der Waals surface area (Å²) in [4.78, 5) is 11.8. The van der Waals surface area contributed by atoms with Gasteiger partial charge in [0, 0.05) is 24.4 Å². The van der Waals surface area contributed by atoms with Gasteiger partial charge in [0.1, 0.15) is 5.01 Å². The van der Waals surface area contributed by atoms with E-state index in [0.29, 0.717) is 17.6 Å². The first-order chi connectivity index (χ1) is 9.70. The maximum Gasteiger partial charge on any atom is 0.321 e. The van der Waals surface area contributed by atoms with Crippen molar-refractivity contribution in [3.63, 3.8) is 0 Å². The van der Waals surface area contributed by atoms with Gasteiger partial charge >= 0.3 is 6.03 Å². The molecular weight excluding hydrogens is 276 g/mol.